The van der Waals surface area contributed by atoms with E-state index in [1.54, 1.807) is 12.1 Å². The van der Waals surface area contributed by atoms with Crippen LogP contribution in [0, 0.1) is 0 Å². The van der Waals surface area contributed by atoms with Gasteiger partial charge in [0.1, 0.15) is 11.5 Å². The first-order valence-corrected chi connectivity index (χ1v) is 6.41. The molecule has 0 bridgehead atoms. The molecule has 0 aliphatic rings. The number of phenolic OH excluding ortho intramolecular Hbond substituents is 2. The summed E-state index contributed by atoms with van der Waals surface area (Å²) >= 11 is 0. The summed E-state index contributed by atoms with van der Waals surface area (Å²) in [4.78, 5) is 22.5. The van der Waals surface area contributed by atoms with E-state index in [4.69, 9.17) is 9.47 Å². The van der Waals surface area contributed by atoms with Crippen molar-refractivity contribution in [1.82, 2.24) is 0 Å². The highest BCUT2D eigenvalue weighted by atomic mass is 16.6. The fraction of sp³-hybridized carbons (Fsp3) is 0.125. The van der Waals surface area contributed by atoms with Crippen molar-refractivity contribution in [2.24, 2.45) is 0 Å². The summed E-state index contributed by atoms with van der Waals surface area (Å²) in [5.74, 6) is -1.78. The Labute approximate surface area is 126 Å². The van der Waals surface area contributed by atoms with Crippen molar-refractivity contribution in [2.75, 3.05) is 0 Å². The van der Waals surface area contributed by atoms with Crippen molar-refractivity contribution >= 4 is 11.9 Å². The van der Waals surface area contributed by atoms with Crippen LogP contribution in [0.4, 0.5) is 0 Å². The lowest BCUT2D eigenvalue weighted by atomic mass is 10.0. The third kappa shape index (κ3) is 3.17. The number of hydrogen-bond acceptors (Lipinski definition) is 6. The van der Waals surface area contributed by atoms with Crippen molar-refractivity contribution in [3.8, 4) is 34.1 Å². The molecule has 0 saturated heterocycles. The zero-order chi connectivity index (χ0) is 16.3. The lowest BCUT2D eigenvalue weighted by molar-refractivity contribution is -0.134. The maximum absolute atomic E-state index is 11.3. The van der Waals surface area contributed by atoms with Crippen molar-refractivity contribution < 1.29 is 29.3 Å². The van der Waals surface area contributed by atoms with E-state index in [-0.39, 0.29) is 34.1 Å². The monoisotopic (exact) mass is 302 g/mol. The molecule has 0 heterocycles. The highest BCUT2D eigenvalue weighted by molar-refractivity contribution is 5.86. The maximum Gasteiger partial charge on any atom is 0.308 e. The van der Waals surface area contributed by atoms with E-state index in [0.717, 1.165) is 0 Å². The number of aromatic hydroxyl groups is 2. The van der Waals surface area contributed by atoms with E-state index in [1.165, 1.54) is 38.1 Å². The smallest absolute Gasteiger partial charge is 0.308 e. The van der Waals surface area contributed by atoms with Crippen molar-refractivity contribution in [1.29, 1.82) is 0 Å². The molecule has 0 fully saturated rings. The second-order valence-electron chi connectivity index (χ2n) is 4.49. The lowest BCUT2D eigenvalue weighted by Gasteiger charge is -2.15. The van der Waals surface area contributed by atoms with Crippen LogP contribution in [0.15, 0.2) is 36.4 Å². The number of esters is 2. The Hall–Kier alpha value is -3.02. The van der Waals surface area contributed by atoms with Crippen LogP contribution in [-0.4, -0.2) is 22.2 Å². The Balaban J connectivity index is 2.72. The minimum atomic E-state index is -0.657. The first-order valence-electron chi connectivity index (χ1n) is 6.41. The highest BCUT2D eigenvalue weighted by Crippen LogP contribution is 2.46. The Bertz CT molecular complexity index is 735. The minimum Gasteiger partial charge on any atom is -0.507 e. The summed E-state index contributed by atoms with van der Waals surface area (Å²) in [6.07, 6.45) is 0. The third-order valence-electron chi connectivity index (χ3n) is 2.77. The van der Waals surface area contributed by atoms with Crippen molar-refractivity contribution in [3.05, 3.63) is 36.4 Å². The molecule has 0 aliphatic carbocycles. The molecule has 0 spiro atoms. The van der Waals surface area contributed by atoms with Crippen LogP contribution in [-0.2, 0) is 9.59 Å². The molecule has 0 aliphatic heterocycles. The van der Waals surface area contributed by atoms with Crippen LogP contribution in [0.5, 0.6) is 23.0 Å². The summed E-state index contributed by atoms with van der Waals surface area (Å²) in [6, 6.07) is 8.80. The van der Waals surface area contributed by atoms with Gasteiger partial charge in [-0.3, -0.25) is 9.59 Å². The van der Waals surface area contributed by atoms with Crippen LogP contribution in [0.2, 0.25) is 0 Å². The summed E-state index contributed by atoms with van der Waals surface area (Å²) in [7, 11) is 0. The Kier molecular flexibility index (Phi) is 4.31. The average molecular weight is 302 g/mol. The number of ether oxygens (including phenoxy) is 2. The van der Waals surface area contributed by atoms with E-state index >= 15 is 0 Å². The van der Waals surface area contributed by atoms with Crippen LogP contribution >= 0.6 is 0 Å². The standard InChI is InChI=1S/C16H14O6/c1-9(17)21-14-8-7-13(20)15(16(14)22-10(2)18)11-5-3-4-6-12(11)19/h3-8,19-20H,1-2H3. The normalized spacial score (nSPS) is 10.1. The SMILES string of the molecule is CC(=O)Oc1ccc(O)c(-c2ccccc2O)c1OC(C)=O. The number of carbonyl (C=O) groups is 2. The molecule has 6 nitrogen and oxygen atoms in total. The molecule has 114 valence electrons. The van der Waals surface area contributed by atoms with Crippen molar-refractivity contribution in [3.63, 3.8) is 0 Å². The molecule has 6 heteroatoms. The molecule has 0 saturated carbocycles. The molecule has 2 rings (SSSR count). The predicted octanol–water partition coefficient (Wildman–Crippen LogP) is 2.62. The summed E-state index contributed by atoms with van der Waals surface area (Å²) in [6.45, 7) is 2.38. The van der Waals surface area contributed by atoms with E-state index in [9.17, 15) is 19.8 Å². The van der Waals surface area contributed by atoms with Crippen molar-refractivity contribution in [2.45, 2.75) is 13.8 Å². The molecule has 0 aromatic heterocycles. The van der Waals surface area contributed by atoms with E-state index < -0.39 is 11.9 Å². The lowest BCUT2D eigenvalue weighted by Crippen LogP contribution is -2.08. The van der Waals surface area contributed by atoms with Gasteiger partial charge >= 0.3 is 11.9 Å². The van der Waals surface area contributed by atoms with Gasteiger partial charge in [0.2, 0.25) is 0 Å². The molecular formula is C16H14O6. The number of carbonyl (C=O) groups excluding carboxylic acids is 2. The van der Waals surface area contributed by atoms with Gasteiger partial charge in [-0.2, -0.15) is 0 Å². The van der Waals surface area contributed by atoms with E-state index in [2.05, 4.69) is 0 Å². The predicted molar refractivity (Wildman–Crippen MR) is 77.8 cm³/mol. The second-order valence-corrected chi connectivity index (χ2v) is 4.49. The summed E-state index contributed by atoms with van der Waals surface area (Å²) in [5, 5.41) is 20.1. The van der Waals surface area contributed by atoms with Gasteiger partial charge in [0, 0.05) is 19.4 Å². The molecule has 2 N–H and O–H groups in total. The number of rotatable bonds is 3. The fourth-order valence-electron chi connectivity index (χ4n) is 1.98. The number of benzene rings is 2. The zero-order valence-corrected chi connectivity index (χ0v) is 12.0. The number of para-hydroxylation sites is 1. The Morgan fingerprint density at radius 3 is 2.09 bits per heavy atom. The van der Waals surface area contributed by atoms with E-state index in [0.29, 0.717) is 0 Å². The van der Waals surface area contributed by atoms with E-state index in [1.807, 2.05) is 0 Å². The fourth-order valence-corrected chi connectivity index (χ4v) is 1.98. The average Bonchev–Trinajstić information content (AvgIpc) is 2.43. The summed E-state index contributed by atoms with van der Waals surface area (Å²) < 4.78 is 10.1. The molecule has 22 heavy (non-hydrogen) atoms. The topological polar surface area (TPSA) is 93.1 Å². The van der Waals surface area contributed by atoms with Gasteiger partial charge in [0.05, 0.1) is 5.56 Å². The van der Waals surface area contributed by atoms with Gasteiger partial charge < -0.3 is 19.7 Å². The van der Waals surface area contributed by atoms with Crippen LogP contribution in [0.1, 0.15) is 13.8 Å². The highest BCUT2D eigenvalue weighted by Gasteiger charge is 2.22. The van der Waals surface area contributed by atoms with Crippen LogP contribution in [0.3, 0.4) is 0 Å². The van der Waals surface area contributed by atoms with Crippen LogP contribution < -0.4 is 9.47 Å². The second kappa shape index (κ2) is 6.17. The molecule has 2 aromatic carbocycles. The molecular weight excluding hydrogens is 288 g/mol. The molecule has 0 atom stereocenters. The maximum atomic E-state index is 11.3. The van der Waals surface area contributed by atoms with Gasteiger partial charge in [0.25, 0.3) is 0 Å². The Morgan fingerprint density at radius 2 is 1.50 bits per heavy atom. The third-order valence-corrected chi connectivity index (χ3v) is 2.77. The van der Waals surface area contributed by atoms with Gasteiger partial charge in [-0.15, -0.1) is 0 Å². The van der Waals surface area contributed by atoms with Gasteiger partial charge in [0.15, 0.2) is 11.5 Å². The summed E-state index contributed by atoms with van der Waals surface area (Å²) in [5.41, 5.74) is 0.303. The molecule has 0 radical (unpaired) electrons. The van der Waals surface area contributed by atoms with Gasteiger partial charge in [-0.1, -0.05) is 18.2 Å². The molecule has 0 amide bonds. The van der Waals surface area contributed by atoms with Gasteiger partial charge in [-0.25, -0.2) is 0 Å². The largest absolute Gasteiger partial charge is 0.507 e. The zero-order valence-electron chi connectivity index (χ0n) is 12.0. The Morgan fingerprint density at radius 1 is 0.864 bits per heavy atom. The number of phenols is 2. The van der Waals surface area contributed by atoms with Gasteiger partial charge in [-0.05, 0) is 18.2 Å². The minimum absolute atomic E-state index is 0.0289. The molecule has 2 aromatic rings. The first kappa shape index (κ1) is 15.4. The first-order chi connectivity index (χ1) is 10.4. The van der Waals surface area contributed by atoms with Crippen LogP contribution in [0.25, 0.3) is 11.1 Å². The molecule has 0 unspecified atom stereocenters. The quantitative estimate of drug-likeness (QED) is 0.668. The number of hydrogen-bond donors (Lipinski definition) is 2.